The highest BCUT2D eigenvalue weighted by Gasteiger charge is 2.29. The number of aliphatic carboxylic acids is 1. The number of hydrogen-bond donors (Lipinski definition) is 2. The predicted molar refractivity (Wildman–Crippen MR) is 83.1 cm³/mol. The molecule has 2 unspecified atom stereocenters. The Labute approximate surface area is 126 Å². The molecular formula is C17H25NO3. The number of nitrogens with one attached hydrogen (secondary N) is 1. The lowest BCUT2D eigenvalue weighted by atomic mass is 9.81. The van der Waals surface area contributed by atoms with Gasteiger partial charge < -0.3 is 10.4 Å². The number of carbonyl (C=O) groups excluding carboxylic acids is 1. The largest absolute Gasteiger partial charge is 0.480 e. The minimum Gasteiger partial charge on any atom is -0.480 e. The zero-order chi connectivity index (χ0) is 16.0. The summed E-state index contributed by atoms with van der Waals surface area (Å²) in [5.74, 6) is -1.29. The van der Waals surface area contributed by atoms with Gasteiger partial charge in [0.1, 0.15) is 6.04 Å². The minimum absolute atomic E-state index is 0.0914. The number of hydrogen-bond acceptors (Lipinski definition) is 2. The quantitative estimate of drug-likeness (QED) is 0.811. The van der Waals surface area contributed by atoms with Crippen molar-refractivity contribution in [2.24, 2.45) is 5.92 Å². The summed E-state index contributed by atoms with van der Waals surface area (Å²) in [5, 5.41) is 11.9. The van der Waals surface area contributed by atoms with Gasteiger partial charge in [-0.15, -0.1) is 0 Å². The summed E-state index contributed by atoms with van der Waals surface area (Å²) >= 11 is 0. The first kappa shape index (κ1) is 17.2. The molecule has 116 valence electrons. The van der Waals surface area contributed by atoms with Crippen LogP contribution in [0.5, 0.6) is 0 Å². The Morgan fingerprint density at radius 2 is 1.81 bits per heavy atom. The first-order chi connectivity index (χ1) is 9.77. The summed E-state index contributed by atoms with van der Waals surface area (Å²) in [6.45, 7) is 7.73. The van der Waals surface area contributed by atoms with Gasteiger partial charge in [0.25, 0.3) is 0 Å². The van der Waals surface area contributed by atoms with Crippen molar-refractivity contribution in [3.05, 3.63) is 35.9 Å². The van der Waals surface area contributed by atoms with Crippen LogP contribution in [0.2, 0.25) is 0 Å². The van der Waals surface area contributed by atoms with Gasteiger partial charge in [-0.2, -0.15) is 0 Å². The highest BCUT2D eigenvalue weighted by Crippen LogP contribution is 2.26. The van der Waals surface area contributed by atoms with E-state index in [4.69, 9.17) is 0 Å². The van der Waals surface area contributed by atoms with E-state index in [1.807, 2.05) is 58.0 Å². The van der Waals surface area contributed by atoms with E-state index in [-0.39, 0.29) is 23.7 Å². The van der Waals surface area contributed by atoms with Crippen LogP contribution in [-0.2, 0) is 15.0 Å². The SMILES string of the molecule is CCC(C)C(NC(=O)CC(C)(C)c1ccccc1)C(=O)O. The third-order valence-corrected chi connectivity index (χ3v) is 3.95. The van der Waals surface area contributed by atoms with Crippen LogP contribution in [0.4, 0.5) is 0 Å². The Bertz CT molecular complexity index is 482. The lowest BCUT2D eigenvalue weighted by molar-refractivity contribution is -0.143. The van der Waals surface area contributed by atoms with Crippen LogP contribution >= 0.6 is 0 Å². The van der Waals surface area contributed by atoms with Gasteiger partial charge in [0, 0.05) is 6.42 Å². The van der Waals surface area contributed by atoms with E-state index in [0.717, 1.165) is 5.56 Å². The van der Waals surface area contributed by atoms with Crippen LogP contribution in [0.3, 0.4) is 0 Å². The number of carboxylic acid groups (broad SMARTS) is 1. The van der Waals surface area contributed by atoms with Crippen molar-refractivity contribution in [1.82, 2.24) is 5.32 Å². The first-order valence-corrected chi connectivity index (χ1v) is 7.35. The molecule has 0 aliphatic carbocycles. The summed E-state index contributed by atoms with van der Waals surface area (Å²) in [6, 6.07) is 8.95. The molecule has 0 saturated heterocycles. The highest BCUT2D eigenvalue weighted by atomic mass is 16.4. The molecule has 1 aromatic carbocycles. The van der Waals surface area contributed by atoms with Crippen molar-refractivity contribution < 1.29 is 14.7 Å². The lowest BCUT2D eigenvalue weighted by Crippen LogP contribution is -2.46. The second-order valence-corrected chi connectivity index (χ2v) is 6.20. The van der Waals surface area contributed by atoms with Crippen molar-refractivity contribution in [2.45, 2.75) is 52.0 Å². The molecule has 0 aliphatic heterocycles. The molecule has 1 rings (SSSR count). The number of carboxylic acids is 1. The van der Waals surface area contributed by atoms with E-state index < -0.39 is 12.0 Å². The minimum atomic E-state index is -0.977. The normalized spacial score (nSPS) is 14.3. The van der Waals surface area contributed by atoms with Crippen molar-refractivity contribution in [3.8, 4) is 0 Å². The molecule has 0 heterocycles. The maximum absolute atomic E-state index is 12.2. The predicted octanol–water partition coefficient (Wildman–Crippen LogP) is 2.97. The van der Waals surface area contributed by atoms with Crippen LogP contribution in [0, 0.1) is 5.92 Å². The van der Waals surface area contributed by atoms with E-state index in [1.165, 1.54) is 0 Å². The molecule has 0 bridgehead atoms. The van der Waals surface area contributed by atoms with E-state index >= 15 is 0 Å². The Morgan fingerprint density at radius 3 is 2.29 bits per heavy atom. The van der Waals surface area contributed by atoms with Crippen molar-refractivity contribution in [3.63, 3.8) is 0 Å². The number of carbonyl (C=O) groups is 2. The monoisotopic (exact) mass is 291 g/mol. The number of amides is 1. The molecule has 1 amide bonds. The summed E-state index contributed by atoms with van der Waals surface area (Å²) < 4.78 is 0. The third-order valence-electron chi connectivity index (χ3n) is 3.95. The molecule has 21 heavy (non-hydrogen) atoms. The van der Waals surface area contributed by atoms with Gasteiger partial charge in [-0.1, -0.05) is 64.4 Å². The maximum Gasteiger partial charge on any atom is 0.326 e. The van der Waals surface area contributed by atoms with E-state index in [9.17, 15) is 14.7 Å². The average molecular weight is 291 g/mol. The van der Waals surface area contributed by atoms with Crippen molar-refractivity contribution in [1.29, 1.82) is 0 Å². The molecule has 0 spiro atoms. The Balaban J connectivity index is 2.74. The van der Waals surface area contributed by atoms with E-state index in [2.05, 4.69) is 5.32 Å². The molecule has 0 radical (unpaired) electrons. The smallest absolute Gasteiger partial charge is 0.326 e. The Kier molecular flexibility index (Phi) is 5.94. The molecule has 0 aliphatic rings. The molecule has 0 saturated carbocycles. The fourth-order valence-electron chi connectivity index (χ4n) is 2.30. The van der Waals surface area contributed by atoms with Crippen molar-refractivity contribution in [2.75, 3.05) is 0 Å². The van der Waals surface area contributed by atoms with Gasteiger partial charge in [-0.25, -0.2) is 4.79 Å². The molecule has 0 fully saturated rings. The molecule has 4 nitrogen and oxygen atoms in total. The number of rotatable bonds is 7. The highest BCUT2D eigenvalue weighted by molar-refractivity contribution is 5.84. The van der Waals surface area contributed by atoms with Gasteiger partial charge >= 0.3 is 5.97 Å². The third kappa shape index (κ3) is 4.88. The fraction of sp³-hybridized carbons (Fsp3) is 0.529. The molecule has 4 heteroatoms. The van der Waals surface area contributed by atoms with Crippen LogP contribution < -0.4 is 5.32 Å². The summed E-state index contributed by atoms with van der Waals surface area (Å²) in [7, 11) is 0. The Morgan fingerprint density at radius 1 is 1.24 bits per heavy atom. The lowest BCUT2D eigenvalue weighted by Gasteiger charge is -2.27. The second kappa shape index (κ2) is 7.25. The van der Waals surface area contributed by atoms with E-state index in [1.54, 1.807) is 0 Å². The average Bonchev–Trinajstić information content (AvgIpc) is 2.44. The summed E-state index contributed by atoms with van der Waals surface area (Å²) in [4.78, 5) is 23.4. The van der Waals surface area contributed by atoms with Crippen LogP contribution in [0.1, 0.15) is 46.1 Å². The van der Waals surface area contributed by atoms with Crippen LogP contribution in [-0.4, -0.2) is 23.0 Å². The zero-order valence-corrected chi connectivity index (χ0v) is 13.2. The molecule has 2 atom stereocenters. The zero-order valence-electron chi connectivity index (χ0n) is 13.2. The maximum atomic E-state index is 12.2. The van der Waals surface area contributed by atoms with Crippen LogP contribution in [0.15, 0.2) is 30.3 Å². The van der Waals surface area contributed by atoms with Gasteiger partial charge in [-0.05, 0) is 16.9 Å². The van der Waals surface area contributed by atoms with E-state index in [0.29, 0.717) is 6.42 Å². The fourth-order valence-corrected chi connectivity index (χ4v) is 2.30. The standard InChI is InChI=1S/C17H25NO3/c1-5-12(2)15(16(20)21)18-14(19)11-17(3,4)13-9-7-6-8-10-13/h6-10,12,15H,5,11H2,1-4H3,(H,18,19)(H,20,21). The second-order valence-electron chi connectivity index (χ2n) is 6.20. The Hall–Kier alpha value is -1.84. The molecule has 0 aromatic heterocycles. The van der Waals surface area contributed by atoms with Gasteiger partial charge in [0.2, 0.25) is 5.91 Å². The molecule has 1 aromatic rings. The van der Waals surface area contributed by atoms with Crippen molar-refractivity contribution >= 4 is 11.9 Å². The topological polar surface area (TPSA) is 66.4 Å². The first-order valence-electron chi connectivity index (χ1n) is 7.35. The van der Waals surface area contributed by atoms with Gasteiger partial charge in [0.15, 0.2) is 0 Å². The summed E-state index contributed by atoms with van der Waals surface area (Å²) in [5.41, 5.74) is 0.736. The number of benzene rings is 1. The van der Waals surface area contributed by atoms with Gasteiger partial charge in [0.05, 0.1) is 0 Å². The van der Waals surface area contributed by atoms with Crippen LogP contribution in [0.25, 0.3) is 0 Å². The summed E-state index contributed by atoms with van der Waals surface area (Å²) in [6.07, 6.45) is 0.969. The van der Waals surface area contributed by atoms with Gasteiger partial charge in [-0.3, -0.25) is 4.79 Å². The molecular weight excluding hydrogens is 266 g/mol. The molecule has 2 N–H and O–H groups in total.